The summed E-state index contributed by atoms with van der Waals surface area (Å²) >= 11 is 6.02. The van der Waals surface area contributed by atoms with Gasteiger partial charge in [0.05, 0.1) is 12.6 Å². The van der Waals surface area contributed by atoms with E-state index in [1.807, 2.05) is 73.7 Å². The molecule has 4 aromatic carbocycles. The molecule has 192 valence electrons. The molecule has 3 atom stereocenters. The summed E-state index contributed by atoms with van der Waals surface area (Å²) in [5.41, 5.74) is 4.67. The molecule has 0 unspecified atom stereocenters. The molecule has 0 bridgehead atoms. The molecule has 0 aromatic heterocycles. The summed E-state index contributed by atoms with van der Waals surface area (Å²) in [5.74, 6) is 3.94. The minimum absolute atomic E-state index is 0.160. The van der Waals surface area contributed by atoms with Gasteiger partial charge in [-0.15, -0.1) is 0 Å². The van der Waals surface area contributed by atoms with Crippen molar-refractivity contribution in [1.29, 1.82) is 0 Å². The maximum atomic E-state index is 6.15. The summed E-state index contributed by atoms with van der Waals surface area (Å²) in [7, 11) is 0. The molecule has 4 nitrogen and oxygen atoms in total. The van der Waals surface area contributed by atoms with Crippen LogP contribution in [0, 0.1) is 5.92 Å². The van der Waals surface area contributed by atoms with Crippen LogP contribution < -0.4 is 19.5 Å². The van der Waals surface area contributed by atoms with E-state index in [-0.39, 0.29) is 6.04 Å². The monoisotopic (exact) mass is 523 g/mol. The maximum absolute atomic E-state index is 6.15. The average Bonchev–Trinajstić information content (AvgIpc) is 3.44. The van der Waals surface area contributed by atoms with E-state index in [0.29, 0.717) is 30.1 Å². The highest BCUT2D eigenvalue weighted by Crippen LogP contribution is 2.51. The van der Waals surface area contributed by atoms with Crippen LogP contribution in [0.4, 0.5) is 5.69 Å². The van der Waals surface area contributed by atoms with Gasteiger partial charge < -0.3 is 19.5 Å². The van der Waals surface area contributed by atoms with Crippen molar-refractivity contribution in [3.63, 3.8) is 0 Å². The number of hydrogen-bond acceptors (Lipinski definition) is 4. The lowest BCUT2D eigenvalue weighted by molar-refractivity contribution is 0.268. The smallest absolute Gasteiger partial charge is 0.161 e. The number of hydrogen-bond donors (Lipinski definition) is 1. The van der Waals surface area contributed by atoms with Crippen LogP contribution in [-0.4, -0.2) is 6.61 Å². The minimum Gasteiger partial charge on any atom is -0.490 e. The third-order valence-corrected chi connectivity index (χ3v) is 7.50. The second kappa shape index (κ2) is 10.8. The Morgan fingerprint density at radius 1 is 0.842 bits per heavy atom. The van der Waals surface area contributed by atoms with Gasteiger partial charge >= 0.3 is 0 Å². The molecule has 38 heavy (non-hydrogen) atoms. The first-order valence-electron chi connectivity index (χ1n) is 13.1. The largest absolute Gasteiger partial charge is 0.490 e. The number of benzene rings is 4. The zero-order valence-electron chi connectivity index (χ0n) is 21.3. The second-order valence-electron chi connectivity index (χ2n) is 9.69. The molecule has 0 amide bonds. The van der Waals surface area contributed by atoms with Crippen LogP contribution >= 0.6 is 11.6 Å². The summed E-state index contributed by atoms with van der Waals surface area (Å²) in [6, 6.07) is 30.5. The Labute approximate surface area is 228 Å². The molecule has 0 spiro atoms. The van der Waals surface area contributed by atoms with Gasteiger partial charge in [0.1, 0.15) is 18.1 Å². The summed E-state index contributed by atoms with van der Waals surface area (Å²) in [6.07, 6.45) is 5.66. The lowest BCUT2D eigenvalue weighted by atomic mass is 9.77. The fourth-order valence-electron chi connectivity index (χ4n) is 5.44. The van der Waals surface area contributed by atoms with Crippen LogP contribution in [0.25, 0.3) is 0 Å². The molecule has 0 fully saturated rings. The Morgan fingerprint density at radius 3 is 2.50 bits per heavy atom. The van der Waals surface area contributed by atoms with Crippen LogP contribution in [0.2, 0.25) is 5.02 Å². The van der Waals surface area contributed by atoms with Crippen LogP contribution in [0.15, 0.2) is 103 Å². The van der Waals surface area contributed by atoms with E-state index in [4.69, 9.17) is 25.8 Å². The maximum Gasteiger partial charge on any atom is 0.161 e. The molecular formula is C33H30ClNO3. The van der Waals surface area contributed by atoms with Gasteiger partial charge in [0.15, 0.2) is 11.5 Å². The van der Waals surface area contributed by atoms with E-state index in [1.165, 1.54) is 11.1 Å². The van der Waals surface area contributed by atoms with Crippen molar-refractivity contribution < 1.29 is 14.2 Å². The topological polar surface area (TPSA) is 39.7 Å². The standard InChI is InChI=1S/C33H30ClNO3/c1-2-36-32-19-23(13-18-31(32)37-21-22-11-14-24(34)15-12-22)33-28-10-6-9-27(28)29-20-26(16-17-30(29)35-33)38-25-7-4-3-5-8-25/h3-9,11-20,27-28,33,35H,2,10,21H2,1H3/t27-,28+,33+/m1/s1. The van der Waals surface area contributed by atoms with Crippen LogP contribution in [-0.2, 0) is 6.61 Å². The highest BCUT2D eigenvalue weighted by atomic mass is 35.5. The average molecular weight is 524 g/mol. The van der Waals surface area contributed by atoms with Crippen molar-refractivity contribution in [2.24, 2.45) is 5.92 Å². The number of halogens is 1. The molecule has 2 aliphatic rings. The van der Waals surface area contributed by atoms with Crippen molar-refractivity contribution in [1.82, 2.24) is 0 Å². The van der Waals surface area contributed by atoms with E-state index in [2.05, 4.69) is 41.7 Å². The van der Waals surface area contributed by atoms with Crippen molar-refractivity contribution in [2.45, 2.75) is 31.9 Å². The molecule has 1 aliphatic heterocycles. The molecule has 1 N–H and O–H groups in total. The molecule has 0 saturated heterocycles. The summed E-state index contributed by atoms with van der Waals surface area (Å²) < 4.78 is 18.3. The predicted molar refractivity (Wildman–Crippen MR) is 153 cm³/mol. The van der Waals surface area contributed by atoms with Crippen molar-refractivity contribution >= 4 is 17.3 Å². The minimum atomic E-state index is 0.160. The third kappa shape index (κ3) is 5.09. The van der Waals surface area contributed by atoms with Crippen LogP contribution in [0.1, 0.15) is 42.0 Å². The first kappa shape index (κ1) is 24.4. The van der Waals surface area contributed by atoms with E-state index in [0.717, 1.165) is 40.7 Å². The second-order valence-corrected chi connectivity index (χ2v) is 10.1. The third-order valence-electron chi connectivity index (χ3n) is 7.25. The van der Waals surface area contributed by atoms with Crippen molar-refractivity contribution in [3.8, 4) is 23.0 Å². The van der Waals surface area contributed by atoms with Gasteiger partial charge in [-0.2, -0.15) is 0 Å². The normalized spacial score (nSPS) is 19.3. The fourth-order valence-corrected chi connectivity index (χ4v) is 5.56. The van der Waals surface area contributed by atoms with Crippen molar-refractivity contribution in [2.75, 3.05) is 11.9 Å². The SMILES string of the molecule is CCOc1cc([C@@H]2Nc3ccc(Oc4ccccc4)cc3[C@@H]3C=CC[C@@H]32)ccc1OCc1ccc(Cl)cc1. The van der Waals surface area contributed by atoms with Gasteiger partial charge in [0, 0.05) is 16.6 Å². The van der Waals surface area contributed by atoms with E-state index < -0.39 is 0 Å². The van der Waals surface area contributed by atoms with E-state index in [9.17, 15) is 0 Å². The molecule has 1 heterocycles. The molecule has 1 aliphatic carbocycles. The Bertz CT molecular complexity index is 1430. The van der Waals surface area contributed by atoms with Gasteiger partial charge in [0.25, 0.3) is 0 Å². The first-order chi connectivity index (χ1) is 18.7. The van der Waals surface area contributed by atoms with E-state index in [1.54, 1.807) is 0 Å². The van der Waals surface area contributed by atoms with Gasteiger partial charge in [-0.05, 0) is 90.6 Å². The Morgan fingerprint density at radius 2 is 1.68 bits per heavy atom. The molecular weight excluding hydrogens is 494 g/mol. The van der Waals surface area contributed by atoms with Gasteiger partial charge in [-0.25, -0.2) is 0 Å². The molecule has 6 rings (SSSR count). The number of allylic oxidation sites excluding steroid dienone is 2. The number of ether oxygens (including phenoxy) is 3. The van der Waals surface area contributed by atoms with Gasteiger partial charge in [0.2, 0.25) is 0 Å². The predicted octanol–water partition coefficient (Wildman–Crippen LogP) is 8.94. The Kier molecular flexibility index (Phi) is 6.98. The number of anilines is 1. The quantitative estimate of drug-likeness (QED) is 0.234. The van der Waals surface area contributed by atoms with Crippen LogP contribution in [0.3, 0.4) is 0 Å². The highest BCUT2D eigenvalue weighted by Gasteiger charge is 2.38. The van der Waals surface area contributed by atoms with Gasteiger partial charge in [-0.1, -0.05) is 60.2 Å². The zero-order valence-corrected chi connectivity index (χ0v) is 22.0. The number of rotatable bonds is 8. The number of nitrogens with one attached hydrogen (secondary N) is 1. The summed E-state index contributed by atoms with van der Waals surface area (Å²) in [6.45, 7) is 3.02. The van der Waals surface area contributed by atoms with Crippen LogP contribution in [0.5, 0.6) is 23.0 Å². The van der Waals surface area contributed by atoms with Crippen molar-refractivity contribution in [3.05, 3.63) is 125 Å². The molecule has 5 heteroatoms. The Hall–Kier alpha value is -3.89. The Balaban J connectivity index is 1.25. The lowest BCUT2D eigenvalue weighted by Crippen LogP contribution is -2.29. The van der Waals surface area contributed by atoms with E-state index >= 15 is 0 Å². The lowest BCUT2D eigenvalue weighted by Gasteiger charge is -2.38. The number of fused-ring (bicyclic) bond motifs is 3. The zero-order chi connectivity index (χ0) is 25.9. The van der Waals surface area contributed by atoms with Gasteiger partial charge in [-0.3, -0.25) is 0 Å². The molecule has 0 saturated carbocycles. The summed E-state index contributed by atoms with van der Waals surface area (Å²) in [5, 5.41) is 4.54. The number of para-hydroxylation sites is 1. The highest BCUT2D eigenvalue weighted by molar-refractivity contribution is 6.30. The molecule has 4 aromatic rings. The summed E-state index contributed by atoms with van der Waals surface area (Å²) in [4.78, 5) is 0. The molecule has 0 radical (unpaired) electrons. The first-order valence-corrected chi connectivity index (χ1v) is 13.5. The fraction of sp³-hybridized carbons (Fsp3) is 0.212.